The molecule has 0 aromatic heterocycles. The lowest BCUT2D eigenvalue weighted by Gasteiger charge is -2.51. The number of para-hydroxylation sites is 1. The maximum absolute atomic E-state index is 13.5. The maximum atomic E-state index is 13.5. The molecule has 3 aliphatic rings. The van der Waals surface area contributed by atoms with E-state index < -0.39 is 6.04 Å². The molecule has 3 heterocycles. The molecule has 3 aliphatic heterocycles. The summed E-state index contributed by atoms with van der Waals surface area (Å²) in [6.07, 6.45) is 1.53. The molecule has 36 heavy (non-hydrogen) atoms. The monoisotopic (exact) mass is 487 g/mol. The molecule has 0 amide bonds. The zero-order valence-corrected chi connectivity index (χ0v) is 20.0. The molecule has 2 atom stereocenters. The van der Waals surface area contributed by atoms with Crippen molar-refractivity contribution in [3.05, 3.63) is 90.0 Å². The molecular weight excluding hydrogens is 456 g/mol. The van der Waals surface area contributed by atoms with Gasteiger partial charge < -0.3 is 24.7 Å². The minimum Gasteiger partial charge on any atom is -0.504 e. The number of Topliss-reactive ketones (excluding diaryl/α,β-unsaturated/α-hetero) is 1. The number of hydrogen-bond acceptors (Lipinski definition) is 6. The summed E-state index contributed by atoms with van der Waals surface area (Å²) in [6, 6.07) is 22.7. The summed E-state index contributed by atoms with van der Waals surface area (Å²) in [4.78, 5) is 26.6. The summed E-state index contributed by atoms with van der Waals surface area (Å²) in [5.74, 6) is -0.681. The Kier molecular flexibility index (Phi) is 6.65. The van der Waals surface area contributed by atoms with E-state index in [2.05, 4.69) is 5.32 Å². The molecule has 186 valence electrons. The van der Waals surface area contributed by atoms with E-state index in [0.717, 1.165) is 37.2 Å². The predicted octanol–water partition coefficient (Wildman–Crippen LogP) is 4.29. The molecule has 7 nitrogen and oxygen atoms in total. The molecule has 3 saturated heterocycles. The highest BCUT2D eigenvalue weighted by Gasteiger charge is 2.49. The fourth-order valence-corrected chi connectivity index (χ4v) is 5.51. The van der Waals surface area contributed by atoms with Crippen molar-refractivity contribution in [3.63, 3.8) is 0 Å². The molecule has 6 rings (SSSR count). The van der Waals surface area contributed by atoms with Crippen molar-refractivity contribution < 1.29 is 29.0 Å². The standard InChI is InChI=1S/C29H30N2O5/c32-24-12-11-22(17-25(24)33)26(34)18-31-15-13-20(14-16-31)27(19-31)36-29(35)28(21-7-3-1-4-8-21)30-23-9-5-2-6-10-23/h1-12,17,20,27-28,30H,13-16,18-19H2,(H-,32,33,34)/p+1. The summed E-state index contributed by atoms with van der Waals surface area (Å²) < 4.78 is 6.73. The number of nitrogens with one attached hydrogen (secondary N) is 1. The van der Waals surface area contributed by atoms with Gasteiger partial charge in [0.1, 0.15) is 13.1 Å². The summed E-state index contributed by atoms with van der Waals surface area (Å²) in [7, 11) is 0. The van der Waals surface area contributed by atoms with Crippen LogP contribution in [0.2, 0.25) is 0 Å². The minimum atomic E-state index is -0.640. The molecule has 2 unspecified atom stereocenters. The number of quaternary nitrogens is 1. The van der Waals surface area contributed by atoms with Crippen LogP contribution in [-0.2, 0) is 9.53 Å². The first-order valence-corrected chi connectivity index (χ1v) is 12.4. The number of fused-ring (bicyclic) bond motifs is 3. The van der Waals surface area contributed by atoms with Crippen LogP contribution in [0.4, 0.5) is 5.69 Å². The van der Waals surface area contributed by atoms with Crippen molar-refractivity contribution in [2.75, 3.05) is 31.5 Å². The zero-order chi connectivity index (χ0) is 25.1. The van der Waals surface area contributed by atoms with E-state index in [1.165, 1.54) is 18.2 Å². The van der Waals surface area contributed by atoms with Crippen LogP contribution in [-0.4, -0.2) is 58.7 Å². The number of carbonyl (C=O) groups is 2. The van der Waals surface area contributed by atoms with E-state index in [4.69, 9.17) is 4.74 Å². The number of phenolic OH excluding ortho intramolecular Hbond substituents is 2. The first-order valence-electron chi connectivity index (χ1n) is 12.4. The molecule has 7 heteroatoms. The second-order valence-corrected chi connectivity index (χ2v) is 9.92. The van der Waals surface area contributed by atoms with Crippen LogP contribution in [0.25, 0.3) is 0 Å². The molecule has 3 N–H and O–H groups in total. The van der Waals surface area contributed by atoms with Gasteiger partial charge in [0.2, 0.25) is 5.78 Å². The van der Waals surface area contributed by atoms with Crippen molar-refractivity contribution >= 4 is 17.4 Å². The quantitative estimate of drug-likeness (QED) is 0.190. The number of benzene rings is 3. The van der Waals surface area contributed by atoms with E-state index in [1.54, 1.807) is 0 Å². The third-order valence-electron chi connectivity index (χ3n) is 7.54. The fraction of sp³-hybridized carbons (Fsp3) is 0.310. The molecule has 2 bridgehead atoms. The number of rotatable bonds is 8. The number of aromatic hydroxyl groups is 2. The van der Waals surface area contributed by atoms with Gasteiger partial charge in [-0.3, -0.25) is 4.79 Å². The molecule has 3 aromatic carbocycles. The number of ether oxygens (including phenoxy) is 1. The van der Waals surface area contributed by atoms with Crippen molar-refractivity contribution in [1.82, 2.24) is 0 Å². The largest absolute Gasteiger partial charge is 0.504 e. The van der Waals surface area contributed by atoms with Crippen LogP contribution in [0.5, 0.6) is 11.5 Å². The SMILES string of the molecule is O=C(C[N+]12CCC(CC1)C(OC(=O)C(Nc1ccccc1)c1ccccc1)C2)c1ccc(O)c(O)c1. The van der Waals surface area contributed by atoms with Gasteiger partial charge in [-0.05, 0) is 35.9 Å². The Balaban J connectivity index is 1.31. The molecule has 0 spiro atoms. The van der Waals surface area contributed by atoms with Crippen LogP contribution in [0, 0.1) is 5.92 Å². The maximum Gasteiger partial charge on any atom is 0.333 e. The summed E-state index contributed by atoms with van der Waals surface area (Å²) in [6.45, 7) is 2.59. The van der Waals surface area contributed by atoms with Gasteiger partial charge in [0, 0.05) is 30.0 Å². The number of phenols is 2. The highest BCUT2D eigenvalue weighted by atomic mass is 16.5. The third kappa shape index (κ3) is 5.06. The average molecular weight is 488 g/mol. The van der Waals surface area contributed by atoms with Gasteiger partial charge in [0.25, 0.3) is 0 Å². The number of esters is 1. The lowest BCUT2D eigenvalue weighted by molar-refractivity contribution is -0.938. The molecule has 3 aromatic rings. The van der Waals surface area contributed by atoms with Crippen LogP contribution in [0.15, 0.2) is 78.9 Å². The molecular formula is C29H31N2O5+. The summed E-state index contributed by atoms with van der Waals surface area (Å²) in [5.41, 5.74) is 2.04. The van der Waals surface area contributed by atoms with E-state index in [9.17, 15) is 19.8 Å². The average Bonchev–Trinajstić information content (AvgIpc) is 2.90. The smallest absolute Gasteiger partial charge is 0.333 e. The highest BCUT2D eigenvalue weighted by Crippen LogP contribution is 2.37. The van der Waals surface area contributed by atoms with Crippen LogP contribution in [0.3, 0.4) is 0 Å². The number of piperidine rings is 3. The predicted molar refractivity (Wildman–Crippen MR) is 136 cm³/mol. The first kappa shape index (κ1) is 23.9. The van der Waals surface area contributed by atoms with Crippen LogP contribution in [0.1, 0.15) is 34.8 Å². The lowest BCUT2D eigenvalue weighted by atomic mass is 9.82. The minimum absolute atomic E-state index is 0.0939. The molecule has 3 fully saturated rings. The van der Waals surface area contributed by atoms with Crippen LogP contribution < -0.4 is 5.32 Å². The normalized spacial score (nSPS) is 23.6. The summed E-state index contributed by atoms with van der Waals surface area (Å²) >= 11 is 0. The Morgan fingerprint density at radius 3 is 2.25 bits per heavy atom. The third-order valence-corrected chi connectivity index (χ3v) is 7.54. The Morgan fingerprint density at radius 1 is 0.917 bits per heavy atom. The molecule has 0 saturated carbocycles. The van der Waals surface area contributed by atoms with Gasteiger partial charge in [-0.2, -0.15) is 0 Å². The number of carbonyl (C=O) groups excluding carboxylic acids is 2. The van der Waals surface area contributed by atoms with Crippen molar-refractivity contribution in [2.45, 2.75) is 25.0 Å². The zero-order valence-electron chi connectivity index (χ0n) is 20.0. The second kappa shape index (κ2) is 10.0. The second-order valence-electron chi connectivity index (χ2n) is 9.92. The highest BCUT2D eigenvalue weighted by molar-refractivity contribution is 5.97. The van der Waals surface area contributed by atoms with Gasteiger partial charge in [-0.1, -0.05) is 48.5 Å². The topological polar surface area (TPSA) is 95.9 Å². The Bertz CT molecular complexity index is 1220. The Hall–Kier alpha value is -3.84. The lowest BCUT2D eigenvalue weighted by Crippen LogP contribution is -2.65. The fourth-order valence-electron chi connectivity index (χ4n) is 5.51. The number of ketones is 1. The van der Waals surface area contributed by atoms with Gasteiger partial charge in [0.05, 0.1) is 13.1 Å². The van der Waals surface area contributed by atoms with Crippen molar-refractivity contribution in [2.24, 2.45) is 5.92 Å². The van der Waals surface area contributed by atoms with Gasteiger partial charge in [-0.15, -0.1) is 0 Å². The number of hydrogen-bond donors (Lipinski definition) is 3. The van der Waals surface area contributed by atoms with E-state index in [-0.39, 0.29) is 41.8 Å². The van der Waals surface area contributed by atoms with Crippen LogP contribution >= 0.6 is 0 Å². The van der Waals surface area contributed by atoms with Gasteiger partial charge in [-0.25, -0.2) is 4.79 Å². The number of anilines is 1. The first-order chi connectivity index (χ1) is 17.4. The Labute approximate surface area is 210 Å². The van der Waals surface area contributed by atoms with Crippen molar-refractivity contribution in [1.29, 1.82) is 0 Å². The van der Waals surface area contributed by atoms with E-state index >= 15 is 0 Å². The summed E-state index contributed by atoms with van der Waals surface area (Å²) in [5, 5.41) is 22.7. The molecule has 0 aliphatic carbocycles. The Morgan fingerprint density at radius 2 is 1.58 bits per heavy atom. The number of nitrogens with zero attached hydrogens (tertiary/aromatic N) is 1. The van der Waals surface area contributed by atoms with E-state index in [1.807, 2.05) is 60.7 Å². The van der Waals surface area contributed by atoms with Crippen molar-refractivity contribution in [3.8, 4) is 11.5 Å². The molecule has 0 radical (unpaired) electrons. The van der Waals surface area contributed by atoms with Gasteiger partial charge >= 0.3 is 5.97 Å². The van der Waals surface area contributed by atoms with Gasteiger partial charge in [0.15, 0.2) is 23.6 Å². The van der Waals surface area contributed by atoms with E-state index in [0.29, 0.717) is 16.6 Å².